The molecule has 3 rings (SSSR count). The highest BCUT2D eigenvalue weighted by Gasteiger charge is 2.21. The lowest BCUT2D eigenvalue weighted by atomic mass is 9.88. The second-order valence-electron chi connectivity index (χ2n) is 7.09. The Morgan fingerprint density at radius 1 is 0.913 bits per heavy atom. The molecule has 1 aromatic rings. The Hall–Kier alpha value is -1.58. The van der Waals surface area contributed by atoms with Gasteiger partial charge in [-0.1, -0.05) is 44.9 Å². The molecule has 23 heavy (non-hydrogen) atoms. The second kappa shape index (κ2) is 8.32. The Labute approximate surface area is 139 Å². The molecule has 2 aliphatic rings. The summed E-state index contributed by atoms with van der Waals surface area (Å²) in [7, 11) is 0. The molecule has 1 heterocycles. The van der Waals surface area contributed by atoms with Crippen molar-refractivity contribution in [2.24, 2.45) is 5.92 Å². The molecule has 0 spiro atoms. The van der Waals surface area contributed by atoms with Crippen LogP contribution in [0.2, 0.25) is 0 Å². The number of carbonyl (C=O) groups is 1. The normalized spacial score (nSPS) is 20.7. The zero-order valence-corrected chi connectivity index (χ0v) is 14.0. The van der Waals surface area contributed by atoms with Crippen LogP contribution < -0.4 is 10.6 Å². The average Bonchev–Trinajstić information content (AvgIpc) is 2.86. The van der Waals surface area contributed by atoms with Crippen LogP contribution in [0.4, 0.5) is 11.5 Å². The number of rotatable bonds is 4. The van der Waals surface area contributed by atoms with E-state index in [2.05, 4.69) is 15.6 Å². The van der Waals surface area contributed by atoms with Crippen molar-refractivity contribution in [1.82, 2.24) is 4.98 Å². The molecule has 0 radical (unpaired) electrons. The predicted octanol–water partition coefficient (Wildman–Crippen LogP) is 4.74. The summed E-state index contributed by atoms with van der Waals surface area (Å²) in [4.78, 5) is 16.7. The van der Waals surface area contributed by atoms with Gasteiger partial charge in [-0.3, -0.25) is 4.79 Å². The Balaban J connectivity index is 1.51. The summed E-state index contributed by atoms with van der Waals surface area (Å²) in [6.45, 7) is 0. The van der Waals surface area contributed by atoms with Gasteiger partial charge in [0.25, 0.3) is 0 Å². The molecular weight excluding hydrogens is 286 g/mol. The molecule has 2 N–H and O–H groups in total. The third kappa shape index (κ3) is 4.95. The quantitative estimate of drug-likeness (QED) is 0.789. The lowest BCUT2D eigenvalue weighted by Crippen LogP contribution is -2.24. The number of carbonyl (C=O) groups excluding carboxylic acids is 1. The van der Waals surface area contributed by atoms with Crippen LogP contribution in [0, 0.1) is 5.92 Å². The lowest BCUT2D eigenvalue weighted by Gasteiger charge is -2.21. The third-order valence-electron chi connectivity index (χ3n) is 5.21. The van der Waals surface area contributed by atoms with Gasteiger partial charge in [-0.25, -0.2) is 4.98 Å². The second-order valence-corrected chi connectivity index (χ2v) is 7.09. The van der Waals surface area contributed by atoms with Crippen LogP contribution in [0.5, 0.6) is 0 Å². The van der Waals surface area contributed by atoms with E-state index in [0.717, 1.165) is 24.3 Å². The van der Waals surface area contributed by atoms with Crippen molar-refractivity contribution in [3.05, 3.63) is 18.3 Å². The summed E-state index contributed by atoms with van der Waals surface area (Å²) >= 11 is 0. The highest BCUT2D eigenvalue weighted by Crippen LogP contribution is 2.25. The Bertz CT molecular complexity index is 486. The summed E-state index contributed by atoms with van der Waals surface area (Å²) in [6.07, 6.45) is 15.3. The first-order valence-corrected chi connectivity index (χ1v) is 9.35. The average molecular weight is 315 g/mol. The van der Waals surface area contributed by atoms with Gasteiger partial charge < -0.3 is 10.6 Å². The number of anilines is 2. The van der Waals surface area contributed by atoms with Gasteiger partial charge in [-0.05, 0) is 37.8 Å². The van der Waals surface area contributed by atoms with Crippen LogP contribution in [-0.4, -0.2) is 16.9 Å². The molecule has 0 bridgehead atoms. The largest absolute Gasteiger partial charge is 0.367 e. The SMILES string of the molecule is O=C(Nc1ccc(NC2CCCCCC2)nc1)C1CCCCC1. The highest BCUT2D eigenvalue weighted by molar-refractivity contribution is 5.92. The molecule has 2 saturated carbocycles. The van der Waals surface area contributed by atoms with Crippen LogP contribution in [0.15, 0.2) is 18.3 Å². The van der Waals surface area contributed by atoms with Crippen LogP contribution in [0.1, 0.15) is 70.6 Å². The number of aromatic nitrogens is 1. The topological polar surface area (TPSA) is 54.0 Å². The first-order valence-electron chi connectivity index (χ1n) is 9.35. The molecule has 0 saturated heterocycles. The van der Waals surface area contributed by atoms with Crippen LogP contribution >= 0.6 is 0 Å². The summed E-state index contributed by atoms with van der Waals surface area (Å²) in [5.41, 5.74) is 0.812. The first kappa shape index (κ1) is 16.3. The van der Waals surface area contributed by atoms with Gasteiger partial charge in [0.05, 0.1) is 11.9 Å². The number of hydrogen-bond donors (Lipinski definition) is 2. The zero-order chi connectivity index (χ0) is 15.9. The van der Waals surface area contributed by atoms with E-state index < -0.39 is 0 Å². The molecule has 1 aromatic heterocycles. The molecule has 2 aliphatic carbocycles. The van der Waals surface area contributed by atoms with E-state index in [1.54, 1.807) is 6.20 Å². The Kier molecular flexibility index (Phi) is 5.89. The maximum atomic E-state index is 12.3. The molecule has 4 nitrogen and oxygen atoms in total. The maximum Gasteiger partial charge on any atom is 0.227 e. The van der Waals surface area contributed by atoms with E-state index in [4.69, 9.17) is 0 Å². The standard InChI is InChI=1S/C19H29N3O/c23-19(15-8-4-3-5-9-15)22-17-12-13-18(20-14-17)21-16-10-6-1-2-7-11-16/h12-16H,1-11H2,(H,20,21)(H,22,23). The molecule has 0 atom stereocenters. The Morgan fingerprint density at radius 3 is 2.22 bits per heavy atom. The Morgan fingerprint density at radius 2 is 1.57 bits per heavy atom. The number of nitrogens with zero attached hydrogens (tertiary/aromatic N) is 1. The van der Waals surface area contributed by atoms with Crippen molar-refractivity contribution in [2.75, 3.05) is 10.6 Å². The lowest BCUT2D eigenvalue weighted by molar-refractivity contribution is -0.120. The van der Waals surface area contributed by atoms with Crippen molar-refractivity contribution < 1.29 is 4.79 Å². The highest BCUT2D eigenvalue weighted by atomic mass is 16.1. The minimum atomic E-state index is 0.163. The maximum absolute atomic E-state index is 12.3. The minimum absolute atomic E-state index is 0.163. The molecule has 4 heteroatoms. The van der Waals surface area contributed by atoms with Crippen LogP contribution in [0.3, 0.4) is 0 Å². The molecule has 0 aromatic carbocycles. The fourth-order valence-electron chi connectivity index (χ4n) is 3.80. The van der Waals surface area contributed by atoms with Gasteiger partial charge in [-0.15, -0.1) is 0 Å². The summed E-state index contributed by atoms with van der Waals surface area (Å²) in [5, 5.41) is 6.56. The number of pyridine rings is 1. The van der Waals surface area contributed by atoms with E-state index in [0.29, 0.717) is 6.04 Å². The van der Waals surface area contributed by atoms with Gasteiger partial charge in [0.15, 0.2) is 0 Å². The number of nitrogens with one attached hydrogen (secondary N) is 2. The molecule has 2 fully saturated rings. The van der Waals surface area contributed by atoms with E-state index in [1.165, 1.54) is 57.8 Å². The van der Waals surface area contributed by atoms with Crippen molar-refractivity contribution in [2.45, 2.75) is 76.7 Å². The van der Waals surface area contributed by atoms with Crippen molar-refractivity contribution in [1.29, 1.82) is 0 Å². The zero-order valence-electron chi connectivity index (χ0n) is 14.0. The molecule has 1 amide bonds. The van der Waals surface area contributed by atoms with Gasteiger partial charge >= 0.3 is 0 Å². The van der Waals surface area contributed by atoms with Crippen LogP contribution in [-0.2, 0) is 4.79 Å². The first-order chi connectivity index (χ1) is 11.3. The summed E-state index contributed by atoms with van der Waals surface area (Å²) in [6, 6.07) is 4.50. The number of hydrogen-bond acceptors (Lipinski definition) is 3. The predicted molar refractivity (Wildman–Crippen MR) is 94.6 cm³/mol. The fraction of sp³-hybridized carbons (Fsp3) is 0.684. The van der Waals surface area contributed by atoms with Gasteiger partial charge in [0, 0.05) is 12.0 Å². The molecule has 126 valence electrons. The monoisotopic (exact) mass is 315 g/mol. The van der Waals surface area contributed by atoms with E-state index in [-0.39, 0.29) is 11.8 Å². The van der Waals surface area contributed by atoms with Crippen LogP contribution in [0.25, 0.3) is 0 Å². The van der Waals surface area contributed by atoms with Gasteiger partial charge in [-0.2, -0.15) is 0 Å². The minimum Gasteiger partial charge on any atom is -0.367 e. The van der Waals surface area contributed by atoms with E-state index >= 15 is 0 Å². The van der Waals surface area contributed by atoms with Crippen molar-refractivity contribution in [3.8, 4) is 0 Å². The van der Waals surface area contributed by atoms with Crippen molar-refractivity contribution in [3.63, 3.8) is 0 Å². The molecule has 0 unspecified atom stereocenters. The van der Waals surface area contributed by atoms with Gasteiger partial charge in [0.1, 0.15) is 5.82 Å². The number of amides is 1. The summed E-state index contributed by atoms with van der Waals surface area (Å²) < 4.78 is 0. The fourth-order valence-corrected chi connectivity index (χ4v) is 3.80. The van der Waals surface area contributed by atoms with Gasteiger partial charge in [0.2, 0.25) is 5.91 Å². The van der Waals surface area contributed by atoms with Crippen molar-refractivity contribution >= 4 is 17.4 Å². The third-order valence-corrected chi connectivity index (χ3v) is 5.21. The smallest absolute Gasteiger partial charge is 0.227 e. The summed E-state index contributed by atoms with van der Waals surface area (Å²) in [5.74, 6) is 1.27. The molecular formula is C19H29N3O. The van der Waals surface area contributed by atoms with E-state index in [1.807, 2.05) is 12.1 Å². The van der Waals surface area contributed by atoms with E-state index in [9.17, 15) is 4.79 Å². The molecule has 0 aliphatic heterocycles.